The Hall–Kier alpha value is -1.11. The number of benzene rings is 1. The van der Waals surface area contributed by atoms with Crippen molar-refractivity contribution >= 4 is 5.78 Å². The van der Waals surface area contributed by atoms with Gasteiger partial charge in [-0.3, -0.25) is 0 Å². The van der Waals surface area contributed by atoms with Crippen LogP contribution in [0.1, 0.15) is 98.6 Å². The normalized spacial score (nSPS) is 8.92. The van der Waals surface area contributed by atoms with Gasteiger partial charge in [-0.15, -0.1) is 0 Å². The molecule has 1 aromatic carbocycles. The van der Waals surface area contributed by atoms with E-state index in [9.17, 15) is 4.79 Å². The van der Waals surface area contributed by atoms with Gasteiger partial charge in [0.05, 0.1) is 0 Å². The number of carbonyl (C=O) groups excluding carboxylic acids is 1. The van der Waals surface area contributed by atoms with Gasteiger partial charge in [0, 0.05) is 0 Å². The molecule has 0 spiro atoms. The fourth-order valence-corrected chi connectivity index (χ4v) is 1.73. The van der Waals surface area contributed by atoms with E-state index < -0.39 is 0 Å². The molecule has 0 aliphatic rings. The zero-order valence-corrected chi connectivity index (χ0v) is 18.0. The summed E-state index contributed by atoms with van der Waals surface area (Å²) in [4.78, 5) is 9.44. The average molecular weight is 337 g/mol. The summed E-state index contributed by atoms with van der Waals surface area (Å²) in [5, 5.41) is 0. The summed E-state index contributed by atoms with van der Waals surface area (Å²) in [6.45, 7) is 18.4. The van der Waals surface area contributed by atoms with Crippen molar-refractivity contribution < 1.29 is 4.79 Å². The molecule has 0 unspecified atom stereocenters. The minimum Gasteiger partial charge on any atom is -0.300 e. The van der Waals surface area contributed by atoms with Gasteiger partial charge in [-0.1, -0.05) is 103 Å². The molecule has 0 atom stereocenters. The van der Waals surface area contributed by atoms with E-state index in [1.54, 1.807) is 0 Å². The van der Waals surface area contributed by atoms with Gasteiger partial charge < -0.3 is 4.79 Å². The fraction of sp³-hybridized carbons (Fsp3) is 0.696. The van der Waals surface area contributed by atoms with Crippen molar-refractivity contribution in [2.45, 2.75) is 101 Å². The van der Waals surface area contributed by atoms with Crippen molar-refractivity contribution in [3.63, 3.8) is 0 Å². The maximum absolute atomic E-state index is 9.44. The SMILES string of the molecule is CC(C)=O.CCC.CCCCCC(C)C.CCc1cccc(C)c1. The molecule has 1 heteroatoms. The highest BCUT2D eigenvalue weighted by Crippen LogP contribution is 2.06. The highest BCUT2D eigenvalue weighted by atomic mass is 16.1. The molecule has 0 saturated carbocycles. The van der Waals surface area contributed by atoms with Crippen molar-refractivity contribution in [2.75, 3.05) is 0 Å². The van der Waals surface area contributed by atoms with Crippen LogP contribution in [0.3, 0.4) is 0 Å². The van der Waals surface area contributed by atoms with Gasteiger partial charge in [0.1, 0.15) is 5.78 Å². The van der Waals surface area contributed by atoms with Gasteiger partial charge in [-0.25, -0.2) is 0 Å². The predicted octanol–water partition coefficient (Wildman–Crippen LogP) is 7.79. The third kappa shape index (κ3) is 32.7. The fourth-order valence-electron chi connectivity index (χ4n) is 1.73. The van der Waals surface area contributed by atoms with Crippen molar-refractivity contribution in [3.05, 3.63) is 35.4 Å². The number of hydrogen-bond donors (Lipinski definition) is 0. The number of hydrogen-bond acceptors (Lipinski definition) is 1. The molecule has 0 aliphatic heterocycles. The first kappa shape index (κ1) is 27.7. The highest BCUT2D eigenvalue weighted by Gasteiger charge is 1.90. The Balaban J connectivity index is -0.000000269. The Morgan fingerprint density at radius 3 is 1.79 bits per heavy atom. The van der Waals surface area contributed by atoms with E-state index in [0.29, 0.717) is 0 Å². The average Bonchev–Trinajstić information content (AvgIpc) is 2.48. The zero-order chi connectivity index (χ0) is 19.4. The second-order valence-electron chi connectivity index (χ2n) is 6.85. The molecule has 0 N–H and O–H groups in total. The van der Waals surface area contributed by atoms with Crippen LogP contribution in [0.15, 0.2) is 24.3 Å². The van der Waals surface area contributed by atoms with E-state index in [4.69, 9.17) is 0 Å². The third-order valence-electron chi connectivity index (χ3n) is 2.88. The molecule has 0 aliphatic carbocycles. The van der Waals surface area contributed by atoms with Crippen molar-refractivity contribution in [3.8, 4) is 0 Å². The molecule has 0 amide bonds. The van der Waals surface area contributed by atoms with Crippen LogP contribution in [0, 0.1) is 12.8 Å². The molecular weight excluding hydrogens is 292 g/mol. The lowest BCUT2D eigenvalue weighted by Crippen LogP contribution is -1.85. The first-order valence-electron chi connectivity index (χ1n) is 9.77. The van der Waals surface area contributed by atoms with Gasteiger partial charge in [0.25, 0.3) is 0 Å². The Bertz CT molecular complexity index is 362. The summed E-state index contributed by atoms with van der Waals surface area (Å²) in [6, 6.07) is 8.61. The Morgan fingerprint density at radius 2 is 1.50 bits per heavy atom. The maximum Gasteiger partial charge on any atom is 0.126 e. The number of Topliss-reactive ketones (excluding diaryl/α,β-unsaturated/α-hetero) is 1. The molecule has 0 saturated heterocycles. The summed E-state index contributed by atoms with van der Waals surface area (Å²) in [5.74, 6) is 1.07. The Kier molecular flexibility index (Phi) is 25.3. The van der Waals surface area contributed by atoms with Gasteiger partial charge in [-0.05, 0) is 38.7 Å². The molecule has 142 valence electrons. The minimum atomic E-state index is 0.167. The topological polar surface area (TPSA) is 17.1 Å². The number of carbonyl (C=O) groups is 1. The van der Waals surface area contributed by atoms with Gasteiger partial charge >= 0.3 is 0 Å². The van der Waals surface area contributed by atoms with E-state index in [-0.39, 0.29) is 5.78 Å². The summed E-state index contributed by atoms with van der Waals surface area (Å²) >= 11 is 0. The smallest absolute Gasteiger partial charge is 0.126 e. The first-order valence-corrected chi connectivity index (χ1v) is 9.77. The lowest BCUT2D eigenvalue weighted by atomic mass is 10.1. The third-order valence-corrected chi connectivity index (χ3v) is 2.88. The Morgan fingerprint density at radius 1 is 1.00 bits per heavy atom. The molecule has 1 rings (SSSR count). The predicted molar refractivity (Wildman–Crippen MR) is 112 cm³/mol. The molecule has 1 aromatic rings. The summed E-state index contributed by atoms with van der Waals surface area (Å²) < 4.78 is 0. The molecule has 0 radical (unpaired) electrons. The number of unbranched alkanes of at least 4 members (excludes halogenated alkanes) is 2. The van der Waals surface area contributed by atoms with Gasteiger partial charge in [0.2, 0.25) is 0 Å². The second kappa shape index (κ2) is 21.9. The van der Waals surface area contributed by atoms with Crippen LogP contribution in [-0.2, 0) is 11.2 Å². The van der Waals surface area contributed by atoms with Crippen molar-refractivity contribution in [1.29, 1.82) is 0 Å². The molecule has 0 bridgehead atoms. The standard InChI is InChI=1S/C9H12.C8H18.C3H6O.C3H8/c1-3-9-6-4-5-8(2)7-9;1-4-5-6-7-8(2)3;1-3(2)4;1-3-2/h4-7H,3H2,1-2H3;8H,4-7H2,1-3H3;1-2H3;3H2,1-2H3. The zero-order valence-electron chi connectivity index (χ0n) is 18.0. The first-order chi connectivity index (χ1) is 11.2. The molecule has 1 nitrogen and oxygen atoms in total. The van der Waals surface area contributed by atoms with Crippen molar-refractivity contribution in [2.24, 2.45) is 5.92 Å². The summed E-state index contributed by atoms with van der Waals surface area (Å²) in [6.07, 6.45) is 7.99. The quantitative estimate of drug-likeness (QED) is 0.501. The molecule has 0 aromatic heterocycles. The molecule has 0 heterocycles. The van der Waals surface area contributed by atoms with Crippen LogP contribution >= 0.6 is 0 Å². The second-order valence-corrected chi connectivity index (χ2v) is 6.85. The summed E-state index contributed by atoms with van der Waals surface area (Å²) in [7, 11) is 0. The van der Waals surface area contributed by atoms with Crippen LogP contribution < -0.4 is 0 Å². The van der Waals surface area contributed by atoms with Gasteiger partial charge in [0.15, 0.2) is 0 Å². The van der Waals surface area contributed by atoms with E-state index in [2.05, 4.69) is 72.7 Å². The van der Waals surface area contributed by atoms with Crippen LogP contribution in [-0.4, -0.2) is 5.78 Å². The van der Waals surface area contributed by atoms with Crippen LogP contribution in [0.2, 0.25) is 0 Å². The van der Waals surface area contributed by atoms with Crippen LogP contribution in [0.5, 0.6) is 0 Å². The molecule has 0 fully saturated rings. The largest absolute Gasteiger partial charge is 0.300 e. The summed E-state index contributed by atoms with van der Waals surface area (Å²) in [5.41, 5.74) is 2.78. The monoisotopic (exact) mass is 336 g/mol. The van der Waals surface area contributed by atoms with Crippen molar-refractivity contribution in [1.82, 2.24) is 0 Å². The van der Waals surface area contributed by atoms with Gasteiger partial charge in [-0.2, -0.15) is 0 Å². The lowest BCUT2D eigenvalue weighted by Gasteiger charge is -2.00. The molecular formula is C23H44O. The number of rotatable bonds is 5. The van der Waals surface area contributed by atoms with Crippen LogP contribution in [0.25, 0.3) is 0 Å². The van der Waals surface area contributed by atoms with E-state index >= 15 is 0 Å². The maximum atomic E-state index is 9.44. The Labute approximate surface area is 153 Å². The number of aryl methyl sites for hydroxylation is 2. The van der Waals surface area contributed by atoms with Crippen LogP contribution in [0.4, 0.5) is 0 Å². The molecule has 24 heavy (non-hydrogen) atoms. The van der Waals surface area contributed by atoms with E-state index in [0.717, 1.165) is 12.3 Å². The minimum absolute atomic E-state index is 0.167. The van der Waals surface area contributed by atoms with E-state index in [1.165, 1.54) is 57.1 Å². The van der Waals surface area contributed by atoms with E-state index in [1.807, 2.05) is 0 Å². The highest BCUT2D eigenvalue weighted by molar-refractivity contribution is 5.72. The lowest BCUT2D eigenvalue weighted by molar-refractivity contribution is -0.114. The number of ketones is 1.